The Bertz CT molecular complexity index is 3260. The van der Waals surface area contributed by atoms with Crippen molar-refractivity contribution in [1.29, 1.82) is 0 Å². The minimum atomic E-state index is 0. The molecule has 2 aliphatic heterocycles. The third-order valence-electron chi connectivity index (χ3n) is 12.7. The van der Waals surface area contributed by atoms with Crippen molar-refractivity contribution in [3.05, 3.63) is 141 Å². The van der Waals surface area contributed by atoms with Crippen molar-refractivity contribution in [3.8, 4) is 33.8 Å². The molecule has 6 aromatic carbocycles. The van der Waals surface area contributed by atoms with Gasteiger partial charge in [0.2, 0.25) is 11.9 Å². The summed E-state index contributed by atoms with van der Waals surface area (Å²) in [5.74, 6) is 1.72. The summed E-state index contributed by atoms with van der Waals surface area (Å²) in [6.45, 7) is 10.5. The van der Waals surface area contributed by atoms with E-state index >= 15 is 0 Å². The highest BCUT2D eigenvalue weighted by Crippen LogP contribution is 2.36. The predicted octanol–water partition coefficient (Wildman–Crippen LogP) is 10.3. The standard InChI is InChI=1S/C27H27ClN6O2.C26H25ClN6O2.CH4.ClH/c1-17-14-24-25(16-21(17)22-15-20(36-3)8-9-23(22)28)31-32-27(30-24)29-19-6-4-18(5-7-19)26(35)34-12-10-33(2)11-13-34;1-16-13-23-24(15-20(16)21-14-19(34)7-8-22(21)27)30-31-26(29-23)28-18-5-3-17(4-6-18)25(35)33-11-9-32(2)10-12-33;;/h4-9,14-16H,10-13H2,1-3H3,(H,29,30,32);3-8,13-15,34H,9-12H2,1-2H3,(H,28,29,31);1H4;1H. The molecular formula is C54H57Cl3N12O4. The average Bonchev–Trinajstić information content (AvgIpc) is 3.37. The first-order valence-electron chi connectivity index (χ1n) is 23.1. The fourth-order valence-electron chi connectivity index (χ4n) is 8.46. The van der Waals surface area contributed by atoms with Crippen LogP contribution in [0.15, 0.2) is 109 Å². The van der Waals surface area contributed by atoms with Gasteiger partial charge in [-0.2, -0.15) is 0 Å². The van der Waals surface area contributed by atoms with E-state index in [1.165, 1.54) is 0 Å². The topological polar surface area (TPSA) is 178 Å². The van der Waals surface area contributed by atoms with Crippen molar-refractivity contribution in [1.82, 2.24) is 50.0 Å². The number of rotatable bonds is 9. The lowest BCUT2D eigenvalue weighted by molar-refractivity contribution is 0.0657. The molecule has 2 saturated heterocycles. The van der Waals surface area contributed by atoms with Gasteiger partial charge in [0, 0.05) is 96.0 Å². The highest BCUT2D eigenvalue weighted by Gasteiger charge is 2.22. The normalized spacial score (nSPS) is 13.8. The monoisotopic (exact) mass is 1040 g/mol. The molecule has 2 amide bonds. The molecule has 10 rings (SSSR count). The minimum Gasteiger partial charge on any atom is -0.508 e. The number of carbonyl (C=O) groups excluding carboxylic acids is 2. The van der Waals surface area contributed by atoms with Gasteiger partial charge in [-0.3, -0.25) is 9.59 Å². The van der Waals surface area contributed by atoms with Crippen LogP contribution in [0.2, 0.25) is 10.0 Å². The summed E-state index contributed by atoms with van der Waals surface area (Å²) < 4.78 is 5.36. The van der Waals surface area contributed by atoms with E-state index in [0.29, 0.717) is 49.6 Å². The first kappa shape index (κ1) is 53.6. The number of nitrogens with zero attached hydrogens (tertiary/aromatic N) is 10. The molecule has 0 unspecified atom stereocenters. The zero-order valence-corrected chi connectivity index (χ0v) is 42.7. The number of piperazine rings is 2. The molecule has 0 atom stereocenters. The quantitative estimate of drug-likeness (QED) is 0.124. The molecule has 73 heavy (non-hydrogen) atoms. The number of likely N-dealkylation sites (N-methyl/N-ethyl adjacent to an activating group) is 2. The van der Waals surface area contributed by atoms with E-state index < -0.39 is 0 Å². The molecule has 0 radical (unpaired) electrons. The number of amides is 2. The summed E-state index contributed by atoms with van der Waals surface area (Å²) >= 11 is 12.8. The Morgan fingerprint density at radius 3 is 1.37 bits per heavy atom. The second-order valence-corrected chi connectivity index (χ2v) is 18.5. The first-order valence-corrected chi connectivity index (χ1v) is 23.9. The van der Waals surface area contributed by atoms with E-state index in [0.717, 1.165) is 108 Å². The molecule has 8 aromatic rings. The Morgan fingerprint density at radius 2 is 0.945 bits per heavy atom. The number of halogens is 3. The summed E-state index contributed by atoms with van der Waals surface area (Å²) in [7, 11) is 5.77. The smallest absolute Gasteiger partial charge is 0.253 e. The van der Waals surface area contributed by atoms with Gasteiger partial charge in [0.05, 0.1) is 18.1 Å². The van der Waals surface area contributed by atoms with Gasteiger partial charge in [0.15, 0.2) is 0 Å². The summed E-state index contributed by atoms with van der Waals surface area (Å²) in [5, 5.41) is 34.5. The average molecular weight is 1040 g/mol. The van der Waals surface area contributed by atoms with E-state index in [4.69, 9.17) is 27.9 Å². The number of fused-ring (bicyclic) bond motifs is 2. The van der Waals surface area contributed by atoms with Crippen molar-refractivity contribution in [2.75, 3.05) is 84.2 Å². The number of hydrogen-bond acceptors (Lipinski definition) is 14. The van der Waals surface area contributed by atoms with Crippen molar-refractivity contribution in [2.24, 2.45) is 0 Å². The number of aryl methyl sites for hydroxylation is 2. The van der Waals surface area contributed by atoms with Gasteiger partial charge in [-0.25, -0.2) is 9.97 Å². The predicted molar refractivity (Wildman–Crippen MR) is 293 cm³/mol. The summed E-state index contributed by atoms with van der Waals surface area (Å²) in [5.41, 5.74) is 10.9. The van der Waals surface area contributed by atoms with Crippen LogP contribution in [0.3, 0.4) is 0 Å². The van der Waals surface area contributed by atoms with Crippen molar-refractivity contribution >= 4 is 92.8 Å². The summed E-state index contributed by atoms with van der Waals surface area (Å²) in [6.07, 6.45) is 0. The number of methoxy groups -OCH3 is 1. The second kappa shape index (κ2) is 23.6. The molecule has 16 nitrogen and oxygen atoms in total. The Hall–Kier alpha value is -7.21. The molecule has 2 aliphatic rings. The largest absolute Gasteiger partial charge is 0.508 e. The summed E-state index contributed by atoms with van der Waals surface area (Å²) in [4.78, 5) is 43.0. The minimum absolute atomic E-state index is 0. The maximum atomic E-state index is 12.8. The third-order valence-corrected chi connectivity index (χ3v) is 13.3. The van der Waals surface area contributed by atoms with Gasteiger partial charge in [-0.1, -0.05) is 30.6 Å². The maximum absolute atomic E-state index is 12.8. The Kier molecular flexibility index (Phi) is 17.3. The number of ether oxygens (including phenoxy) is 1. The van der Waals surface area contributed by atoms with Crippen LogP contribution in [-0.2, 0) is 0 Å². The van der Waals surface area contributed by atoms with Gasteiger partial charge in [-0.05, 0) is 159 Å². The number of anilines is 4. The van der Waals surface area contributed by atoms with E-state index in [-0.39, 0.29) is 37.4 Å². The van der Waals surface area contributed by atoms with Crippen LogP contribution in [-0.4, -0.2) is 140 Å². The molecule has 2 fully saturated rings. The maximum Gasteiger partial charge on any atom is 0.253 e. The Balaban J connectivity index is 0.000000208. The molecule has 0 spiro atoms. The molecule has 19 heteroatoms. The zero-order chi connectivity index (χ0) is 49.8. The molecule has 0 saturated carbocycles. The fraction of sp³-hybridized carbons (Fsp3) is 0.259. The van der Waals surface area contributed by atoms with Gasteiger partial charge in [0.1, 0.15) is 22.5 Å². The number of phenols is 1. The second-order valence-electron chi connectivity index (χ2n) is 17.7. The fourth-order valence-corrected chi connectivity index (χ4v) is 8.89. The van der Waals surface area contributed by atoms with Crippen LogP contribution in [0, 0.1) is 13.8 Å². The highest BCUT2D eigenvalue weighted by molar-refractivity contribution is 6.34. The molecule has 378 valence electrons. The molecule has 4 heterocycles. The number of aromatic hydroxyl groups is 1. The molecule has 2 aromatic heterocycles. The number of aromatic nitrogens is 6. The molecule has 0 aliphatic carbocycles. The van der Waals surface area contributed by atoms with Crippen LogP contribution in [0.25, 0.3) is 44.3 Å². The molecule has 3 N–H and O–H groups in total. The van der Waals surface area contributed by atoms with E-state index in [1.807, 2.05) is 115 Å². The Morgan fingerprint density at radius 1 is 0.534 bits per heavy atom. The lowest BCUT2D eigenvalue weighted by Crippen LogP contribution is -2.47. The van der Waals surface area contributed by atoms with Crippen molar-refractivity contribution in [2.45, 2.75) is 21.3 Å². The number of hydrogen-bond donors (Lipinski definition) is 3. The van der Waals surface area contributed by atoms with Gasteiger partial charge >= 0.3 is 0 Å². The van der Waals surface area contributed by atoms with Crippen LogP contribution in [0.4, 0.5) is 23.3 Å². The SMILES string of the molecule is C.COc1ccc(Cl)c(-c2cc3nnc(Nc4ccc(C(=O)N5CCN(C)CC5)cc4)nc3cc2C)c1.Cc1cc2nc(Nc3ccc(C(=O)N4CCN(C)CC4)cc3)nnc2cc1-c1cc(O)ccc1Cl.Cl. The highest BCUT2D eigenvalue weighted by atomic mass is 35.5. The van der Waals surface area contributed by atoms with E-state index in [1.54, 1.807) is 25.3 Å². The van der Waals surface area contributed by atoms with Gasteiger partial charge < -0.3 is 40.1 Å². The molecule has 0 bridgehead atoms. The lowest BCUT2D eigenvalue weighted by atomic mass is 9.99. The van der Waals surface area contributed by atoms with Crippen molar-refractivity contribution in [3.63, 3.8) is 0 Å². The third kappa shape index (κ3) is 12.5. The van der Waals surface area contributed by atoms with Crippen molar-refractivity contribution < 1.29 is 19.4 Å². The number of carbonyl (C=O) groups is 2. The number of nitrogens with one attached hydrogen (secondary N) is 2. The van der Waals surface area contributed by atoms with Gasteiger partial charge in [-0.15, -0.1) is 32.8 Å². The van der Waals surface area contributed by atoms with Gasteiger partial charge in [0.25, 0.3) is 11.8 Å². The lowest BCUT2D eigenvalue weighted by Gasteiger charge is -2.32. The number of phenolic OH excluding ortho intramolecular Hbond substituents is 1. The van der Waals surface area contributed by atoms with Crippen LogP contribution >= 0.6 is 35.6 Å². The number of benzene rings is 6. The Labute approximate surface area is 440 Å². The van der Waals surface area contributed by atoms with E-state index in [9.17, 15) is 14.7 Å². The molecular weight excluding hydrogens is 987 g/mol. The van der Waals surface area contributed by atoms with Crippen LogP contribution < -0.4 is 15.4 Å². The zero-order valence-electron chi connectivity index (χ0n) is 40.4. The van der Waals surface area contributed by atoms with E-state index in [2.05, 4.69) is 64.9 Å². The van der Waals surface area contributed by atoms with Crippen LogP contribution in [0.5, 0.6) is 11.5 Å². The first-order chi connectivity index (χ1) is 34.3. The summed E-state index contributed by atoms with van der Waals surface area (Å²) in [6, 6.07) is 32.8. The van der Waals surface area contributed by atoms with Crippen LogP contribution in [0.1, 0.15) is 39.3 Å².